The molecule has 102 valence electrons. The van der Waals surface area contributed by atoms with Crippen molar-refractivity contribution in [1.82, 2.24) is 5.32 Å². The summed E-state index contributed by atoms with van der Waals surface area (Å²) in [5.74, 6) is 1.39. The van der Waals surface area contributed by atoms with Gasteiger partial charge in [0.05, 0.1) is 18.2 Å². The number of hydrogen-bond acceptors (Lipinski definition) is 3. The summed E-state index contributed by atoms with van der Waals surface area (Å²) in [5, 5.41) is 3.71. The molecule has 0 spiro atoms. The van der Waals surface area contributed by atoms with E-state index in [2.05, 4.69) is 12.2 Å². The standard InChI is InChI=1S/C14H22ClNO2/c1-4-6-7-18-14-12(15)8-11(10-16-3)9-13(14)17-5-2/h8-9,16H,4-7,10H2,1-3H3. The van der Waals surface area contributed by atoms with Crippen molar-refractivity contribution in [3.05, 3.63) is 22.7 Å². The van der Waals surface area contributed by atoms with Crippen LogP contribution in [0.25, 0.3) is 0 Å². The van der Waals surface area contributed by atoms with Crippen molar-refractivity contribution in [2.24, 2.45) is 0 Å². The highest BCUT2D eigenvalue weighted by Gasteiger charge is 2.12. The van der Waals surface area contributed by atoms with Crippen LogP contribution in [0.2, 0.25) is 5.02 Å². The van der Waals surface area contributed by atoms with Crippen LogP contribution in [-0.4, -0.2) is 20.3 Å². The maximum absolute atomic E-state index is 6.25. The quantitative estimate of drug-likeness (QED) is 0.733. The molecule has 0 aliphatic carbocycles. The van der Waals surface area contributed by atoms with Gasteiger partial charge in [0.25, 0.3) is 0 Å². The second-order valence-corrected chi connectivity index (χ2v) is 4.48. The van der Waals surface area contributed by atoms with E-state index in [1.807, 2.05) is 26.1 Å². The predicted octanol–water partition coefficient (Wildman–Crippen LogP) is 3.64. The van der Waals surface area contributed by atoms with Crippen LogP contribution < -0.4 is 14.8 Å². The van der Waals surface area contributed by atoms with Gasteiger partial charge in [-0.1, -0.05) is 24.9 Å². The van der Waals surface area contributed by atoms with E-state index in [0.717, 1.165) is 30.7 Å². The molecule has 0 fully saturated rings. The van der Waals surface area contributed by atoms with Crippen LogP contribution in [0, 0.1) is 0 Å². The Morgan fingerprint density at radius 1 is 1.22 bits per heavy atom. The van der Waals surface area contributed by atoms with Gasteiger partial charge in [-0.15, -0.1) is 0 Å². The molecule has 1 rings (SSSR count). The number of ether oxygens (including phenoxy) is 2. The Labute approximate surface area is 114 Å². The van der Waals surface area contributed by atoms with Crippen LogP contribution in [-0.2, 0) is 6.54 Å². The molecule has 0 atom stereocenters. The molecule has 0 radical (unpaired) electrons. The van der Waals surface area contributed by atoms with Gasteiger partial charge >= 0.3 is 0 Å². The van der Waals surface area contributed by atoms with E-state index in [-0.39, 0.29) is 0 Å². The summed E-state index contributed by atoms with van der Waals surface area (Å²) in [6.45, 7) is 6.11. The van der Waals surface area contributed by atoms with Gasteiger partial charge in [0, 0.05) is 6.54 Å². The molecule has 0 saturated carbocycles. The Morgan fingerprint density at radius 3 is 2.61 bits per heavy atom. The molecule has 0 aliphatic heterocycles. The normalized spacial score (nSPS) is 10.4. The Balaban J connectivity index is 2.90. The van der Waals surface area contributed by atoms with E-state index in [0.29, 0.717) is 24.0 Å². The number of benzene rings is 1. The highest BCUT2D eigenvalue weighted by molar-refractivity contribution is 6.32. The van der Waals surface area contributed by atoms with Crippen molar-refractivity contribution in [1.29, 1.82) is 0 Å². The first-order chi connectivity index (χ1) is 8.72. The Morgan fingerprint density at radius 2 is 2.00 bits per heavy atom. The molecule has 3 nitrogen and oxygen atoms in total. The van der Waals surface area contributed by atoms with E-state index in [1.165, 1.54) is 0 Å². The molecule has 0 unspecified atom stereocenters. The van der Waals surface area contributed by atoms with E-state index >= 15 is 0 Å². The fraction of sp³-hybridized carbons (Fsp3) is 0.571. The van der Waals surface area contributed by atoms with Gasteiger partial charge in [-0.05, 0) is 38.1 Å². The molecule has 1 N–H and O–H groups in total. The highest BCUT2D eigenvalue weighted by atomic mass is 35.5. The Kier molecular flexibility index (Phi) is 6.91. The van der Waals surface area contributed by atoms with Crippen LogP contribution in [0.4, 0.5) is 0 Å². The fourth-order valence-electron chi connectivity index (χ4n) is 1.65. The maximum Gasteiger partial charge on any atom is 0.179 e. The van der Waals surface area contributed by atoms with Crippen molar-refractivity contribution >= 4 is 11.6 Å². The van der Waals surface area contributed by atoms with Crippen molar-refractivity contribution in [3.63, 3.8) is 0 Å². The van der Waals surface area contributed by atoms with E-state index < -0.39 is 0 Å². The number of unbranched alkanes of at least 4 members (excludes halogenated alkanes) is 1. The SMILES string of the molecule is CCCCOc1c(Cl)cc(CNC)cc1OCC. The van der Waals surface area contributed by atoms with Crippen LogP contribution in [0.1, 0.15) is 32.3 Å². The summed E-state index contributed by atoms with van der Waals surface area (Å²) in [5.41, 5.74) is 1.09. The van der Waals surface area contributed by atoms with Crippen LogP contribution >= 0.6 is 11.6 Å². The Hall–Kier alpha value is -0.930. The average molecular weight is 272 g/mol. The first-order valence-electron chi connectivity index (χ1n) is 6.45. The number of rotatable bonds is 8. The molecular formula is C14H22ClNO2. The van der Waals surface area contributed by atoms with Crippen LogP contribution in [0.5, 0.6) is 11.5 Å². The summed E-state index contributed by atoms with van der Waals surface area (Å²) in [4.78, 5) is 0. The van der Waals surface area contributed by atoms with Gasteiger partial charge < -0.3 is 14.8 Å². The summed E-state index contributed by atoms with van der Waals surface area (Å²) < 4.78 is 11.3. The third-order valence-electron chi connectivity index (χ3n) is 2.49. The molecule has 0 saturated heterocycles. The molecule has 0 heterocycles. The fourth-order valence-corrected chi connectivity index (χ4v) is 1.94. The minimum Gasteiger partial charge on any atom is -0.490 e. The second kappa shape index (κ2) is 8.22. The first-order valence-corrected chi connectivity index (χ1v) is 6.83. The van der Waals surface area contributed by atoms with Gasteiger partial charge in [0.15, 0.2) is 11.5 Å². The van der Waals surface area contributed by atoms with Gasteiger partial charge in [-0.2, -0.15) is 0 Å². The topological polar surface area (TPSA) is 30.5 Å². The number of halogens is 1. The van der Waals surface area contributed by atoms with E-state index in [1.54, 1.807) is 0 Å². The lowest BCUT2D eigenvalue weighted by atomic mass is 10.2. The van der Waals surface area contributed by atoms with Crippen molar-refractivity contribution < 1.29 is 9.47 Å². The molecule has 0 amide bonds. The van der Waals surface area contributed by atoms with Crippen molar-refractivity contribution in [3.8, 4) is 11.5 Å². The predicted molar refractivity (Wildman–Crippen MR) is 75.8 cm³/mol. The zero-order valence-electron chi connectivity index (χ0n) is 11.4. The highest BCUT2D eigenvalue weighted by Crippen LogP contribution is 2.36. The minimum atomic E-state index is 0.601. The van der Waals surface area contributed by atoms with Gasteiger partial charge in [-0.25, -0.2) is 0 Å². The third-order valence-corrected chi connectivity index (χ3v) is 2.78. The van der Waals surface area contributed by atoms with Crippen molar-refractivity contribution in [2.75, 3.05) is 20.3 Å². The number of hydrogen-bond donors (Lipinski definition) is 1. The van der Waals surface area contributed by atoms with Gasteiger partial charge in [0.1, 0.15) is 0 Å². The second-order valence-electron chi connectivity index (χ2n) is 4.07. The summed E-state index contributed by atoms with van der Waals surface area (Å²) in [7, 11) is 1.90. The average Bonchev–Trinajstić information content (AvgIpc) is 2.33. The van der Waals surface area contributed by atoms with Crippen LogP contribution in [0.15, 0.2) is 12.1 Å². The summed E-state index contributed by atoms with van der Waals surface area (Å²) in [6.07, 6.45) is 2.11. The monoisotopic (exact) mass is 271 g/mol. The lowest BCUT2D eigenvalue weighted by Crippen LogP contribution is -2.07. The largest absolute Gasteiger partial charge is 0.490 e. The zero-order chi connectivity index (χ0) is 13.4. The molecule has 0 aliphatic rings. The zero-order valence-corrected chi connectivity index (χ0v) is 12.1. The lowest BCUT2D eigenvalue weighted by molar-refractivity contribution is 0.272. The molecule has 0 bridgehead atoms. The molecular weight excluding hydrogens is 250 g/mol. The van der Waals surface area contributed by atoms with Crippen molar-refractivity contribution in [2.45, 2.75) is 33.2 Å². The first kappa shape index (κ1) is 15.1. The molecule has 1 aromatic carbocycles. The van der Waals surface area contributed by atoms with E-state index in [4.69, 9.17) is 21.1 Å². The third kappa shape index (κ3) is 4.39. The summed E-state index contributed by atoms with van der Waals surface area (Å²) in [6, 6.07) is 3.90. The molecule has 4 heteroatoms. The Bertz CT molecular complexity index is 369. The number of nitrogens with one attached hydrogen (secondary N) is 1. The molecule has 0 aromatic heterocycles. The smallest absolute Gasteiger partial charge is 0.179 e. The van der Waals surface area contributed by atoms with Gasteiger partial charge in [-0.3, -0.25) is 0 Å². The maximum atomic E-state index is 6.25. The molecule has 1 aromatic rings. The summed E-state index contributed by atoms with van der Waals surface area (Å²) >= 11 is 6.25. The lowest BCUT2D eigenvalue weighted by Gasteiger charge is -2.15. The van der Waals surface area contributed by atoms with Crippen LogP contribution in [0.3, 0.4) is 0 Å². The molecule has 18 heavy (non-hydrogen) atoms. The van der Waals surface area contributed by atoms with Gasteiger partial charge in [0.2, 0.25) is 0 Å². The van der Waals surface area contributed by atoms with E-state index in [9.17, 15) is 0 Å². The minimum absolute atomic E-state index is 0.601.